The third-order valence-corrected chi connectivity index (χ3v) is 6.40. The number of hydrogen-bond acceptors (Lipinski definition) is 7. The molecule has 10 heteroatoms. The van der Waals surface area contributed by atoms with Gasteiger partial charge >= 0.3 is 6.03 Å². The summed E-state index contributed by atoms with van der Waals surface area (Å²) in [5.41, 5.74) is 2.98. The van der Waals surface area contributed by atoms with E-state index in [-0.39, 0.29) is 0 Å². The first-order valence-corrected chi connectivity index (χ1v) is 12.0. The average Bonchev–Trinajstić information content (AvgIpc) is 3.27. The molecule has 1 fully saturated rings. The number of benzene rings is 2. The number of hydrogen-bond donors (Lipinski definition) is 2. The highest BCUT2D eigenvalue weighted by atomic mass is 32.2. The summed E-state index contributed by atoms with van der Waals surface area (Å²) >= 11 is 1.26. The Labute approximate surface area is 202 Å². The molecule has 1 aromatic heterocycles. The van der Waals surface area contributed by atoms with Crippen molar-refractivity contribution < 1.29 is 14.3 Å². The maximum Gasteiger partial charge on any atom is 0.321 e. The van der Waals surface area contributed by atoms with Crippen molar-refractivity contribution in [2.24, 2.45) is 0 Å². The Hall–Kier alpha value is -3.37. The lowest BCUT2D eigenvalue weighted by Gasteiger charge is -2.28. The zero-order chi connectivity index (χ0) is 23.9. The SMILES string of the molecule is Cc1cccc(-n2c(SC(C)C(=O)NC(=O)NCc3ccccc3)nnc2N2CCOCC2)c1. The van der Waals surface area contributed by atoms with Crippen molar-refractivity contribution >= 4 is 29.6 Å². The summed E-state index contributed by atoms with van der Waals surface area (Å²) in [6, 6.07) is 17.0. The summed E-state index contributed by atoms with van der Waals surface area (Å²) in [7, 11) is 0. The molecule has 3 amide bonds. The predicted molar refractivity (Wildman–Crippen MR) is 131 cm³/mol. The molecule has 0 spiro atoms. The molecule has 1 aliphatic heterocycles. The Morgan fingerprint density at radius 2 is 1.85 bits per heavy atom. The molecule has 3 aromatic rings. The summed E-state index contributed by atoms with van der Waals surface area (Å²) in [6.07, 6.45) is 0. The van der Waals surface area contributed by atoms with Gasteiger partial charge in [0.1, 0.15) is 0 Å². The van der Waals surface area contributed by atoms with Crippen molar-refractivity contribution in [3.63, 3.8) is 0 Å². The lowest BCUT2D eigenvalue weighted by Crippen LogP contribution is -2.42. The van der Waals surface area contributed by atoms with Crippen LogP contribution in [0.3, 0.4) is 0 Å². The van der Waals surface area contributed by atoms with Crippen LogP contribution in [0, 0.1) is 6.92 Å². The molecule has 4 rings (SSSR count). The molecule has 34 heavy (non-hydrogen) atoms. The Morgan fingerprint density at radius 3 is 2.59 bits per heavy atom. The predicted octanol–water partition coefficient (Wildman–Crippen LogP) is 2.92. The van der Waals surface area contributed by atoms with Gasteiger partial charge < -0.3 is 15.0 Å². The van der Waals surface area contributed by atoms with Gasteiger partial charge in [0.15, 0.2) is 5.16 Å². The number of nitrogens with zero attached hydrogens (tertiary/aromatic N) is 4. The number of nitrogens with one attached hydrogen (secondary N) is 2. The van der Waals surface area contributed by atoms with Gasteiger partial charge in [-0.3, -0.25) is 14.7 Å². The van der Waals surface area contributed by atoms with Crippen LogP contribution < -0.4 is 15.5 Å². The molecule has 2 heterocycles. The van der Waals surface area contributed by atoms with Crippen molar-refractivity contribution in [2.75, 3.05) is 31.2 Å². The van der Waals surface area contributed by atoms with E-state index in [1.165, 1.54) is 11.8 Å². The van der Waals surface area contributed by atoms with Crippen molar-refractivity contribution in [2.45, 2.75) is 30.8 Å². The molecule has 9 nitrogen and oxygen atoms in total. The largest absolute Gasteiger partial charge is 0.378 e. The molecular weight excluding hydrogens is 452 g/mol. The summed E-state index contributed by atoms with van der Waals surface area (Å²) in [4.78, 5) is 27.0. The molecule has 1 aliphatic rings. The zero-order valence-corrected chi connectivity index (χ0v) is 20.0. The number of imide groups is 1. The molecule has 1 unspecified atom stereocenters. The minimum Gasteiger partial charge on any atom is -0.378 e. The van der Waals surface area contributed by atoms with Gasteiger partial charge in [0.05, 0.1) is 24.2 Å². The van der Waals surface area contributed by atoms with Gasteiger partial charge in [-0.1, -0.05) is 54.2 Å². The summed E-state index contributed by atoms with van der Waals surface area (Å²) in [5.74, 6) is 0.312. The molecule has 0 radical (unpaired) electrons. The van der Waals surface area contributed by atoms with Gasteiger partial charge in [0, 0.05) is 19.6 Å². The maximum atomic E-state index is 12.7. The van der Waals surface area contributed by atoms with Crippen LogP contribution in [0.1, 0.15) is 18.1 Å². The number of anilines is 1. The smallest absolute Gasteiger partial charge is 0.321 e. The van der Waals surface area contributed by atoms with Crippen molar-refractivity contribution in [1.82, 2.24) is 25.4 Å². The topological polar surface area (TPSA) is 101 Å². The lowest BCUT2D eigenvalue weighted by atomic mass is 10.2. The highest BCUT2D eigenvalue weighted by Crippen LogP contribution is 2.30. The minimum atomic E-state index is -0.562. The standard InChI is InChI=1S/C24H28N6O3S/c1-17-7-6-10-20(15-17)30-23(29-11-13-33-14-12-29)27-28-24(30)34-18(2)21(31)26-22(32)25-16-19-8-4-3-5-9-19/h3-10,15,18H,11-14,16H2,1-2H3,(H2,25,26,31,32). The molecule has 2 N–H and O–H groups in total. The fraction of sp³-hybridized carbons (Fsp3) is 0.333. The van der Waals surface area contributed by atoms with Crippen LogP contribution in [0.25, 0.3) is 5.69 Å². The molecule has 0 aliphatic carbocycles. The van der Waals surface area contributed by atoms with Gasteiger partial charge in [-0.05, 0) is 37.1 Å². The second-order valence-corrected chi connectivity index (χ2v) is 9.28. The van der Waals surface area contributed by atoms with Gasteiger partial charge in [0.2, 0.25) is 11.9 Å². The number of carbonyl (C=O) groups is 2. The Bertz CT molecular complexity index is 1130. The highest BCUT2D eigenvalue weighted by molar-refractivity contribution is 8.00. The first kappa shape index (κ1) is 23.8. The fourth-order valence-electron chi connectivity index (χ4n) is 3.55. The fourth-order valence-corrected chi connectivity index (χ4v) is 4.41. The summed E-state index contributed by atoms with van der Waals surface area (Å²) < 4.78 is 7.44. The average molecular weight is 481 g/mol. The maximum absolute atomic E-state index is 12.7. The van der Waals surface area contributed by atoms with Gasteiger partial charge in [-0.25, -0.2) is 4.79 Å². The van der Waals surface area contributed by atoms with Crippen LogP contribution >= 0.6 is 11.8 Å². The Kier molecular flexibility index (Phi) is 7.81. The molecule has 1 atom stereocenters. The minimum absolute atomic E-state index is 0.339. The molecule has 178 valence electrons. The molecule has 0 saturated carbocycles. The highest BCUT2D eigenvalue weighted by Gasteiger charge is 2.25. The van der Waals surface area contributed by atoms with E-state index in [1.807, 2.05) is 60.0 Å². The molecular formula is C24H28N6O3S. The van der Waals surface area contributed by atoms with Crippen molar-refractivity contribution in [3.8, 4) is 5.69 Å². The van der Waals surface area contributed by atoms with Crippen molar-refractivity contribution in [3.05, 3.63) is 65.7 Å². The van der Waals surface area contributed by atoms with E-state index in [0.29, 0.717) is 44.0 Å². The summed E-state index contributed by atoms with van der Waals surface area (Å²) in [5, 5.41) is 14.0. The number of ether oxygens (including phenoxy) is 1. The first-order valence-electron chi connectivity index (χ1n) is 11.2. The first-order chi connectivity index (χ1) is 16.5. The zero-order valence-electron chi connectivity index (χ0n) is 19.2. The van der Waals surface area contributed by atoms with Crippen LogP contribution in [0.4, 0.5) is 10.7 Å². The number of carbonyl (C=O) groups excluding carboxylic acids is 2. The van der Waals surface area contributed by atoms with Crippen LogP contribution in [0.2, 0.25) is 0 Å². The van der Waals surface area contributed by atoms with Crippen LogP contribution in [-0.4, -0.2) is 58.3 Å². The van der Waals surface area contributed by atoms with Gasteiger partial charge in [-0.2, -0.15) is 0 Å². The number of rotatable bonds is 7. The van der Waals surface area contributed by atoms with Crippen molar-refractivity contribution in [1.29, 1.82) is 0 Å². The number of thioether (sulfide) groups is 1. The van der Waals surface area contributed by atoms with E-state index < -0.39 is 17.2 Å². The van der Waals surface area contributed by atoms with E-state index in [0.717, 1.165) is 16.8 Å². The van der Waals surface area contributed by atoms with Gasteiger partial charge in [0.25, 0.3) is 0 Å². The third kappa shape index (κ3) is 5.95. The monoisotopic (exact) mass is 480 g/mol. The van der Waals surface area contributed by atoms with Crippen LogP contribution in [0.15, 0.2) is 59.8 Å². The number of amides is 3. The van der Waals surface area contributed by atoms with E-state index in [2.05, 4.69) is 31.8 Å². The molecule has 2 aromatic carbocycles. The number of morpholine rings is 1. The van der Waals surface area contributed by atoms with E-state index in [9.17, 15) is 9.59 Å². The van der Waals surface area contributed by atoms with E-state index >= 15 is 0 Å². The van der Waals surface area contributed by atoms with Crippen LogP contribution in [0.5, 0.6) is 0 Å². The second kappa shape index (κ2) is 11.2. The van der Waals surface area contributed by atoms with Gasteiger partial charge in [-0.15, -0.1) is 10.2 Å². The normalized spacial score (nSPS) is 14.5. The number of aryl methyl sites for hydroxylation is 1. The van der Waals surface area contributed by atoms with E-state index in [4.69, 9.17) is 4.74 Å². The number of urea groups is 1. The van der Waals surface area contributed by atoms with Crippen LogP contribution in [-0.2, 0) is 16.1 Å². The summed E-state index contributed by atoms with van der Waals surface area (Å²) in [6.45, 7) is 6.79. The molecule has 0 bridgehead atoms. The third-order valence-electron chi connectivity index (χ3n) is 5.35. The second-order valence-electron chi connectivity index (χ2n) is 7.97. The Balaban J connectivity index is 1.46. The Morgan fingerprint density at radius 1 is 1.09 bits per heavy atom. The lowest BCUT2D eigenvalue weighted by molar-refractivity contribution is -0.119. The number of aromatic nitrogens is 3. The van der Waals surface area contributed by atoms with E-state index in [1.54, 1.807) is 6.92 Å². The molecule has 1 saturated heterocycles. The quantitative estimate of drug-likeness (QED) is 0.502.